The number of aromatic amines is 1. The van der Waals surface area contributed by atoms with Crippen LogP contribution in [0, 0.1) is 13.8 Å². The molecule has 0 aliphatic carbocycles. The Kier molecular flexibility index (Phi) is 2.33. The quantitative estimate of drug-likeness (QED) is 0.637. The lowest BCUT2D eigenvalue weighted by atomic mass is 10.1. The third-order valence-corrected chi connectivity index (χ3v) is 3.27. The van der Waals surface area contributed by atoms with Crippen molar-refractivity contribution in [3.05, 3.63) is 47.5 Å². The fraction of sp³-hybridized carbons (Fsp3) is 0.133. The van der Waals surface area contributed by atoms with Crippen LogP contribution in [0.4, 0.5) is 5.69 Å². The minimum absolute atomic E-state index is 0.796. The van der Waals surface area contributed by atoms with E-state index in [9.17, 15) is 0 Å². The third-order valence-electron chi connectivity index (χ3n) is 3.27. The van der Waals surface area contributed by atoms with Gasteiger partial charge in [0.25, 0.3) is 0 Å². The lowest BCUT2D eigenvalue weighted by molar-refractivity contribution is 1.32. The van der Waals surface area contributed by atoms with E-state index in [-0.39, 0.29) is 0 Å². The number of H-pyrrole nitrogens is 1. The van der Waals surface area contributed by atoms with E-state index in [1.54, 1.807) is 0 Å². The molecule has 3 aromatic rings. The van der Waals surface area contributed by atoms with Crippen molar-refractivity contribution in [2.75, 3.05) is 5.73 Å². The SMILES string of the molecule is Cc1ccc(-c2nc3c(C)cccc3[nH]2)cc1N. The first-order valence-corrected chi connectivity index (χ1v) is 5.97. The van der Waals surface area contributed by atoms with Crippen molar-refractivity contribution < 1.29 is 0 Å². The number of fused-ring (bicyclic) bond motifs is 1. The van der Waals surface area contributed by atoms with E-state index in [2.05, 4.69) is 23.0 Å². The van der Waals surface area contributed by atoms with Crippen LogP contribution in [0.15, 0.2) is 36.4 Å². The van der Waals surface area contributed by atoms with Gasteiger partial charge in [0.15, 0.2) is 0 Å². The van der Waals surface area contributed by atoms with Crippen molar-refractivity contribution in [3.63, 3.8) is 0 Å². The van der Waals surface area contributed by atoms with Crippen molar-refractivity contribution in [1.29, 1.82) is 0 Å². The Morgan fingerprint density at radius 1 is 1.06 bits per heavy atom. The first kappa shape index (κ1) is 10.8. The van der Waals surface area contributed by atoms with Crippen molar-refractivity contribution in [2.45, 2.75) is 13.8 Å². The molecule has 0 aliphatic heterocycles. The van der Waals surface area contributed by atoms with E-state index in [1.165, 1.54) is 5.56 Å². The van der Waals surface area contributed by atoms with E-state index in [4.69, 9.17) is 5.73 Å². The van der Waals surface area contributed by atoms with Gasteiger partial charge in [-0.3, -0.25) is 0 Å². The molecule has 3 nitrogen and oxygen atoms in total. The lowest BCUT2D eigenvalue weighted by Crippen LogP contribution is -1.90. The van der Waals surface area contributed by atoms with E-state index in [1.807, 2.05) is 37.3 Å². The Hall–Kier alpha value is -2.29. The second-order valence-corrected chi connectivity index (χ2v) is 4.63. The number of rotatable bonds is 1. The van der Waals surface area contributed by atoms with Gasteiger partial charge in [-0.1, -0.05) is 24.3 Å². The molecule has 0 unspecified atom stereocenters. The Labute approximate surface area is 106 Å². The summed E-state index contributed by atoms with van der Waals surface area (Å²) >= 11 is 0. The summed E-state index contributed by atoms with van der Waals surface area (Å²) in [7, 11) is 0. The number of aryl methyl sites for hydroxylation is 2. The number of imidazole rings is 1. The van der Waals surface area contributed by atoms with Crippen LogP contribution in [-0.4, -0.2) is 9.97 Å². The number of anilines is 1. The van der Waals surface area contributed by atoms with Crippen molar-refractivity contribution in [3.8, 4) is 11.4 Å². The molecule has 0 atom stereocenters. The fourth-order valence-corrected chi connectivity index (χ4v) is 2.10. The zero-order chi connectivity index (χ0) is 12.7. The molecule has 2 aromatic carbocycles. The zero-order valence-electron chi connectivity index (χ0n) is 10.5. The Balaban J connectivity index is 2.19. The van der Waals surface area contributed by atoms with Gasteiger partial charge in [-0.15, -0.1) is 0 Å². The molecule has 0 bridgehead atoms. The third kappa shape index (κ3) is 1.64. The molecule has 1 heterocycles. The van der Waals surface area contributed by atoms with E-state index < -0.39 is 0 Å². The first-order chi connectivity index (χ1) is 8.65. The van der Waals surface area contributed by atoms with Gasteiger partial charge < -0.3 is 10.7 Å². The van der Waals surface area contributed by atoms with Gasteiger partial charge in [0.2, 0.25) is 0 Å². The van der Waals surface area contributed by atoms with Gasteiger partial charge in [-0.2, -0.15) is 0 Å². The van der Waals surface area contributed by atoms with Gasteiger partial charge >= 0.3 is 0 Å². The predicted molar refractivity (Wildman–Crippen MR) is 75.4 cm³/mol. The summed E-state index contributed by atoms with van der Waals surface area (Å²) < 4.78 is 0. The minimum Gasteiger partial charge on any atom is -0.398 e. The van der Waals surface area contributed by atoms with E-state index >= 15 is 0 Å². The number of nitrogens with one attached hydrogen (secondary N) is 1. The Morgan fingerprint density at radius 3 is 2.61 bits per heavy atom. The van der Waals surface area contributed by atoms with Crippen molar-refractivity contribution in [1.82, 2.24) is 9.97 Å². The van der Waals surface area contributed by atoms with Crippen molar-refractivity contribution in [2.24, 2.45) is 0 Å². The molecule has 1 aromatic heterocycles. The molecule has 0 radical (unpaired) electrons. The number of para-hydroxylation sites is 1. The van der Waals surface area contributed by atoms with Gasteiger partial charge in [0.1, 0.15) is 5.82 Å². The number of hydrogen-bond acceptors (Lipinski definition) is 2. The average Bonchev–Trinajstić information content (AvgIpc) is 2.78. The summed E-state index contributed by atoms with van der Waals surface area (Å²) in [5.74, 6) is 0.867. The van der Waals surface area contributed by atoms with Gasteiger partial charge in [-0.25, -0.2) is 4.98 Å². The monoisotopic (exact) mass is 237 g/mol. The molecule has 0 amide bonds. The molecule has 18 heavy (non-hydrogen) atoms. The number of benzene rings is 2. The van der Waals surface area contributed by atoms with E-state index in [0.29, 0.717) is 0 Å². The first-order valence-electron chi connectivity index (χ1n) is 5.97. The molecule has 0 spiro atoms. The Bertz CT molecular complexity index is 726. The molecule has 90 valence electrons. The summed E-state index contributed by atoms with van der Waals surface area (Å²) in [5, 5.41) is 0. The van der Waals surface area contributed by atoms with Gasteiger partial charge in [-0.05, 0) is 37.1 Å². The molecule has 3 N–H and O–H groups in total. The summed E-state index contributed by atoms with van der Waals surface area (Å²) in [6.45, 7) is 4.07. The van der Waals surface area contributed by atoms with Crippen LogP contribution >= 0.6 is 0 Å². The van der Waals surface area contributed by atoms with Crippen LogP contribution in [0.2, 0.25) is 0 Å². The summed E-state index contributed by atoms with van der Waals surface area (Å²) in [6.07, 6.45) is 0. The van der Waals surface area contributed by atoms with Gasteiger partial charge in [0, 0.05) is 11.3 Å². The topological polar surface area (TPSA) is 54.7 Å². The predicted octanol–water partition coefficient (Wildman–Crippen LogP) is 3.43. The molecular weight excluding hydrogens is 222 g/mol. The number of aromatic nitrogens is 2. The zero-order valence-corrected chi connectivity index (χ0v) is 10.5. The van der Waals surface area contributed by atoms with Crippen LogP contribution in [0.1, 0.15) is 11.1 Å². The van der Waals surface area contributed by atoms with Crippen LogP contribution in [0.3, 0.4) is 0 Å². The molecule has 0 fully saturated rings. The largest absolute Gasteiger partial charge is 0.398 e. The van der Waals surface area contributed by atoms with Crippen LogP contribution in [-0.2, 0) is 0 Å². The molecule has 3 rings (SSSR count). The van der Waals surface area contributed by atoms with Crippen LogP contribution < -0.4 is 5.73 Å². The normalized spacial score (nSPS) is 11.0. The highest BCUT2D eigenvalue weighted by Gasteiger charge is 2.07. The maximum Gasteiger partial charge on any atom is 0.138 e. The van der Waals surface area contributed by atoms with Gasteiger partial charge in [0.05, 0.1) is 11.0 Å². The smallest absolute Gasteiger partial charge is 0.138 e. The Morgan fingerprint density at radius 2 is 1.89 bits per heavy atom. The molecular formula is C15H15N3. The minimum atomic E-state index is 0.796. The van der Waals surface area contributed by atoms with Crippen molar-refractivity contribution >= 4 is 16.7 Å². The van der Waals surface area contributed by atoms with Crippen LogP contribution in [0.5, 0.6) is 0 Å². The molecule has 0 saturated heterocycles. The summed E-state index contributed by atoms with van der Waals surface area (Å²) in [4.78, 5) is 7.97. The number of nitrogen functional groups attached to an aromatic ring is 1. The second kappa shape index (κ2) is 3.88. The number of nitrogens with two attached hydrogens (primary N) is 1. The highest BCUT2D eigenvalue weighted by Crippen LogP contribution is 2.25. The average molecular weight is 237 g/mol. The summed E-state index contributed by atoms with van der Waals surface area (Å²) in [5.41, 5.74) is 12.1. The molecule has 3 heteroatoms. The van der Waals surface area contributed by atoms with Crippen LogP contribution in [0.25, 0.3) is 22.4 Å². The number of hydrogen-bond donors (Lipinski definition) is 2. The summed E-state index contributed by atoms with van der Waals surface area (Å²) in [6, 6.07) is 12.2. The maximum absolute atomic E-state index is 5.94. The second-order valence-electron chi connectivity index (χ2n) is 4.63. The highest BCUT2D eigenvalue weighted by atomic mass is 14.9. The highest BCUT2D eigenvalue weighted by molar-refractivity contribution is 5.82. The van der Waals surface area contributed by atoms with E-state index in [0.717, 1.165) is 33.7 Å². The lowest BCUT2D eigenvalue weighted by Gasteiger charge is -2.01. The molecule has 0 saturated carbocycles. The standard InChI is InChI=1S/C15H15N3/c1-9-6-7-11(8-12(9)16)15-17-13-5-3-4-10(2)14(13)18-15/h3-8H,16H2,1-2H3,(H,17,18). The number of nitrogens with zero attached hydrogens (tertiary/aromatic N) is 1. The maximum atomic E-state index is 5.94. The fourth-order valence-electron chi connectivity index (χ4n) is 2.10. The molecule has 0 aliphatic rings.